The van der Waals surface area contributed by atoms with Crippen LogP contribution in [0.15, 0.2) is 54.0 Å². The summed E-state index contributed by atoms with van der Waals surface area (Å²) in [5.74, 6) is 0.112. The Hall–Kier alpha value is -2.87. The quantitative estimate of drug-likeness (QED) is 0.276. The topological polar surface area (TPSA) is 82.5 Å². The van der Waals surface area contributed by atoms with Crippen molar-refractivity contribution in [3.8, 4) is 10.4 Å². The molecule has 6 nitrogen and oxygen atoms in total. The van der Waals surface area contributed by atoms with Gasteiger partial charge in [0.25, 0.3) is 5.91 Å². The van der Waals surface area contributed by atoms with E-state index in [1.165, 1.54) is 4.88 Å². The van der Waals surface area contributed by atoms with Gasteiger partial charge in [0.05, 0.1) is 22.1 Å². The Kier molecular flexibility index (Phi) is 8.51. The van der Waals surface area contributed by atoms with Crippen molar-refractivity contribution in [2.75, 3.05) is 0 Å². The maximum absolute atomic E-state index is 14.1. The maximum atomic E-state index is 14.1. The molecular formula is C34H43N3O3S. The minimum atomic E-state index is -1.15. The van der Waals surface area contributed by atoms with Crippen LogP contribution in [0.4, 0.5) is 0 Å². The Balaban J connectivity index is 1.28. The van der Waals surface area contributed by atoms with Gasteiger partial charge >= 0.3 is 0 Å². The average Bonchev–Trinajstić information content (AvgIpc) is 3.51. The third-order valence-electron chi connectivity index (χ3n) is 9.18. The van der Waals surface area contributed by atoms with Gasteiger partial charge in [-0.3, -0.25) is 14.9 Å². The lowest BCUT2D eigenvalue weighted by molar-refractivity contribution is -0.134. The summed E-state index contributed by atoms with van der Waals surface area (Å²) in [7, 11) is 0. The second-order valence-corrected chi connectivity index (χ2v) is 13.6. The number of ketones is 1. The number of nitrogens with zero attached hydrogens (tertiary/aromatic N) is 2. The van der Waals surface area contributed by atoms with E-state index in [9.17, 15) is 14.7 Å². The molecule has 6 atom stereocenters. The molecule has 1 fully saturated rings. The van der Waals surface area contributed by atoms with Gasteiger partial charge in [-0.25, -0.2) is 4.98 Å². The lowest BCUT2D eigenvalue weighted by Crippen LogP contribution is -2.54. The SMILES string of the molecule is Cc1ncsc1-c1ccc(C(C)NC(C)(O)[C@@H]2CC(C)CC(C(=O)[C@H](C(C)C)N3Cc4ccccc4C3=O)C2)cc1. The Labute approximate surface area is 248 Å². The molecule has 2 heterocycles. The average molecular weight is 574 g/mol. The van der Waals surface area contributed by atoms with Crippen molar-refractivity contribution in [2.45, 2.75) is 85.2 Å². The molecule has 3 aromatic rings. The highest BCUT2D eigenvalue weighted by Crippen LogP contribution is 2.41. The van der Waals surface area contributed by atoms with Crippen LogP contribution in [0, 0.1) is 30.6 Å². The number of benzene rings is 2. The number of hydrogen-bond donors (Lipinski definition) is 2. The van der Waals surface area contributed by atoms with Crippen LogP contribution in [0.3, 0.4) is 0 Å². The fraction of sp³-hybridized carbons (Fsp3) is 0.500. The Morgan fingerprint density at radius 1 is 1.10 bits per heavy atom. The number of aryl methyl sites for hydroxylation is 1. The molecule has 41 heavy (non-hydrogen) atoms. The van der Waals surface area contributed by atoms with Crippen LogP contribution < -0.4 is 5.32 Å². The van der Waals surface area contributed by atoms with Crippen molar-refractivity contribution < 1.29 is 14.7 Å². The van der Waals surface area contributed by atoms with E-state index >= 15 is 0 Å². The summed E-state index contributed by atoms with van der Waals surface area (Å²) in [5, 5.41) is 15.2. The van der Waals surface area contributed by atoms with Crippen LogP contribution in [0.25, 0.3) is 10.4 Å². The van der Waals surface area contributed by atoms with Gasteiger partial charge in [0.1, 0.15) is 5.72 Å². The molecule has 2 aromatic carbocycles. The number of amides is 1. The van der Waals surface area contributed by atoms with Crippen molar-refractivity contribution >= 4 is 23.0 Å². The highest BCUT2D eigenvalue weighted by Gasteiger charge is 2.45. The summed E-state index contributed by atoms with van der Waals surface area (Å²) < 4.78 is 0. The zero-order valence-electron chi connectivity index (χ0n) is 25.1. The number of Topliss-reactive ketones (excluding diaryl/α,β-unsaturated/α-hetero) is 1. The molecule has 1 amide bonds. The molecule has 0 bridgehead atoms. The molecule has 0 saturated heterocycles. The van der Waals surface area contributed by atoms with Gasteiger partial charge in [0.15, 0.2) is 5.78 Å². The predicted molar refractivity (Wildman–Crippen MR) is 164 cm³/mol. The molecule has 4 unspecified atom stereocenters. The molecule has 7 heteroatoms. The number of carbonyl (C=O) groups excluding carboxylic acids is 2. The maximum Gasteiger partial charge on any atom is 0.255 e. The minimum Gasteiger partial charge on any atom is -0.376 e. The molecular weight excluding hydrogens is 530 g/mol. The Morgan fingerprint density at radius 3 is 2.44 bits per heavy atom. The van der Waals surface area contributed by atoms with E-state index in [1.54, 1.807) is 16.2 Å². The number of aromatic nitrogens is 1. The number of carbonyl (C=O) groups is 2. The van der Waals surface area contributed by atoms with Crippen molar-refractivity contribution in [1.29, 1.82) is 0 Å². The standard InChI is InChI=1S/C34H43N3O3S/c1-20(2)30(37-18-26-9-7-8-10-29(26)33(37)39)31(38)27-15-21(3)16-28(17-27)34(6,40)36-22(4)24-11-13-25(14-12-24)32-23(5)35-19-41-32/h7-14,19-22,27-28,30,36,40H,15-18H2,1-6H3/t21?,22?,27?,28-,30+,34?/m1/s1. The van der Waals surface area contributed by atoms with E-state index < -0.39 is 11.8 Å². The highest BCUT2D eigenvalue weighted by atomic mass is 32.1. The molecule has 0 radical (unpaired) electrons. The second kappa shape index (κ2) is 11.8. The van der Waals surface area contributed by atoms with Gasteiger partial charge < -0.3 is 10.0 Å². The van der Waals surface area contributed by atoms with E-state index in [0.29, 0.717) is 24.4 Å². The normalized spacial score (nSPS) is 23.8. The highest BCUT2D eigenvalue weighted by molar-refractivity contribution is 7.13. The molecule has 218 valence electrons. The largest absolute Gasteiger partial charge is 0.376 e. The van der Waals surface area contributed by atoms with Crippen molar-refractivity contribution in [3.63, 3.8) is 0 Å². The molecule has 1 aliphatic heterocycles. The number of hydrogen-bond acceptors (Lipinski definition) is 6. The lowest BCUT2D eigenvalue weighted by Gasteiger charge is -2.44. The first kappa shape index (κ1) is 29.6. The first-order valence-electron chi connectivity index (χ1n) is 14.9. The first-order valence-corrected chi connectivity index (χ1v) is 15.8. The summed E-state index contributed by atoms with van der Waals surface area (Å²) >= 11 is 1.64. The van der Waals surface area contributed by atoms with E-state index in [-0.39, 0.29) is 35.5 Å². The summed E-state index contributed by atoms with van der Waals surface area (Å²) in [5.41, 5.74) is 5.69. The summed E-state index contributed by atoms with van der Waals surface area (Å²) in [6.07, 6.45) is 2.25. The number of aliphatic hydroxyl groups is 1. The molecule has 5 rings (SSSR count). The molecule has 1 aromatic heterocycles. The van der Waals surface area contributed by atoms with Crippen LogP contribution in [0.5, 0.6) is 0 Å². The zero-order valence-corrected chi connectivity index (χ0v) is 25.9. The van der Waals surface area contributed by atoms with Gasteiger partial charge in [-0.1, -0.05) is 63.2 Å². The van der Waals surface area contributed by atoms with E-state index in [0.717, 1.165) is 35.2 Å². The fourth-order valence-electron chi connectivity index (χ4n) is 7.02. The van der Waals surface area contributed by atoms with E-state index in [2.05, 4.69) is 48.4 Å². The number of rotatable bonds is 9. The van der Waals surface area contributed by atoms with Crippen molar-refractivity contribution in [2.24, 2.45) is 23.7 Å². The van der Waals surface area contributed by atoms with Crippen LogP contribution in [0.1, 0.15) is 87.1 Å². The summed E-state index contributed by atoms with van der Waals surface area (Å²) in [4.78, 5) is 34.8. The van der Waals surface area contributed by atoms with Crippen LogP contribution in [-0.2, 0) is 11.3 Å². The molecule has 1 aliphatic carbocycles. The first-order chi connectivity index (χ1) is 19.5. The van der Waals surface area contributed by atoms with Gasteiger partial charge in [-0.05, 0) is 74.6 Å². The third-order valence-corrected chi connectivity index (χ3v) is 10.2. The van der Waals surface area contributed by atoms with Crippen LogP contribution in [-0.4, -0.2) is 38.4 Å². The minimum absolute atomic E-state index is 0.00631. The Morgan fingerprint density at radius 2 is 1.80 bits per heavy atom. The van der Waals surface area contributed by atoms with E-state index in [1.807, 2.05) is 57.5 Å². The molecule has 1 saturated carbocycles. The zero-order chi connectivity index (χ0) is 29.5. The fourth-order valence-corrected chi connectivity index (χ4v) is 7.83. The van der Waals surface area contributed by atoms with Crippen molar-refractivity contribution in [3.05, 3.63) is 76.4 Å². The van der Waals surface area contributed by atoms with Gasteiger partial charge in [-0.15, -0.1) is 11.3 Å². The number of thiazole rings is 1. The van der Waals surface area contributed by atoms with E-state index in [4.69, 9.17) is 0 Å². The van der Waals surface area contributed by atoms with Gasteiger partial charge in [0, 0.05) is 30.0 Å². The third kappa shape index (κ3) is 6.04. The second-order valence-electron chi connectivity index (χ2n) is 12.8. The molecule has 2 aliphatic rings. The monoisotopic (exact) mass is 573 g/mol. The van der Waals surface area contributed by atoms with Gasteiger partial charge in [0.2, 0.25) is 0 Å². The smallest absolute Gasteiger partial charge is 0.255 e. The van der Waals surface area contributed by atoms with Crippen molar-refractivity contribution in [1.82, 2.24) is 15.2 Å². The van der Waals surface area contributed by atoms with Crippen LogP contribution >= 0.6 is 11.3 Å². The summed E-state index contributed by atoms with van der Waals surface area (Å²) in [6.45, 7) is 12.7. The lowest BCUT2D eigenvalue weighted by atomic mass is 9.69. The predicted octanol–water partition coefficient (Wildman–Crippen LogP) is 6.78. The molecule has 2 N–H and O–H groups in total. The summed E-state index contributed by atoms with van der Waals surface area (Å²) in [6, 6.07) is 15.6. The molecule has 0 spiro atoms. The van der Waals surface area contributed by atoms with Crippen LogP contribution in [0.2, 0.25) is 0 Å². The number of nitrogens with one attached hydrogen (secondary N) is 1. The van der Waals surface area contributed by atoms with Gasteiger partial charge in [-0.2, -0.15) is 0 Å². The Bertz CT molecular complexity index is 1400. The number of fused-ring (bicyclic) bond motifs is 1.